The van der Waals surface area contributed by atoms with E-state index < -0.39 is 11.6 Å². The number of halogens is 3. The van der Waals surface area contributed by atoms with Gasteiger partial charge in [0.15, 0.2) is 11.6 Å². The van der Waals surface area contributed by atoms with Gasteiger partial charge >= 0.3 is 0 Å². The van der Waals surface area contributed by atoms with Gasteiger partial charge in [-0.05, 0) is 35.0 Å². The third-order valence-electron chi connectivity index (χ3n) is 2.17. The van der Waals surface area contributed by atoms with Crippen molar-refractivity contribution in [3.63, 3.8) is 0 Å². The zero-order valence-corrected chi connectivity index (χ0v) is 11.5. The summed E-state index contributed by atoms with van der Waals surface area (Å²) in [5, 5.41) is 2.90. The molecule has 4 nitrogen and oxygen atoms in total. The summed E-state index contributed by atoms with van der Waals surface area (Å²) in [4.78, 5) is 8.04. The number of hydrogen-bond donors (Lipinski definition) is 1. The largest absolute Gasteiger partial charge is 0.434 e. The minimum Gasteiger partial charge on any atom is -0.434 e. The van der Waals surface area contributed by atoms with Crippen LogP contribution in [0, 0.1) is 11.6 Å². The zero-order valence-electron chi connectivity index (χ0n) is 9.95. The lowest BCUT2D eigenvalue weighted by molar-refractivity contribution is 0.403. The van der Waals surface area contributed by atoms with Gasteiger partial charge in [-0.2, -0.15) is 9.37 Å². The van der Waals surface area contributed by atoms with E-state index >= 15 is 0 Å². The van der Waals surface area contributed by atoms with Gasteiger partial charge in [-0.15, -0.1) is 0 Å². The van der Waals surface area contributed by atoms with Crippen LogP contribution in [0.25, 0.3) is 0 Å². The molecule has 0 aliphatic heterocycles. The number of anilines is 1. The average Bonchev–Trinajstić information content (AvgIpc) is 2.39. The van der Waals surface area contributed by atoms with Crippen molar-refractivity contribution in [2.75, 3.05) is 11.9 Å². The van der Waals surface area contributed by atoms with Crippen molar-refractivity contribution < 1.29 is 13.5 Å². The van der Waals surface area contributed by atoms with Crippen LogP contribution in [0.5, 0.6) is 11.6 Å². The molecular formula is C12H10BrF2N3O. The van der Waals surface area contributed by atoms with Gasteiger partial charge < -0.3 is 10.1 Å². The molecule has 1 aromatic carbocycles. The molecule has 2 rings (SSSR count). The Bertz CT molecular complexity index is 595. The third kappa shape index (κ3) is 3.17. The van der Waals surface area contributed by atoms with E-state index in [4.69, 9.17) is 4.74 Å². The lowest BCUT2D eigenvalue weighted by atomic mass is 10.3. The van der Waals surface area contributed by atoms with Gasteiger partial charge in [-0.3, -0.25) is 0 Å². The highest BCUT2D eigenvalue weighted by Gasteiger charge is 2.13. The molecule has 0 aliphatic rings. The molecule has 0 amide bonds. The van der Waals surface area contributed by atoms with E-state index in [1.54, 1.807) is 0 Å². The number of aromatic nitrogens is 2. The minimum atomic E-state index is -1.06. The van der Waals surface area contributed by atoms with Crippen LogP contribution < -0.4 is 10.1 Å². The summed E-state index contributed by atoms with van der Waals surface area (Å²) in [5.74, 6) is -1.82. The van der Waals surface area contributed by atoms with Crippen LogP contribution in [-0.2, 0) is 0 Å². The molecule has 0 unspecified atom stereocenters. The topological polar surface area (TPSA) is 47.0 Å². The quantitative estimate of drug-likeness (QED) is 0.928. The monoisotopic (exact) mass is 329 g/mol. The Labute approximate surface area is 117 Å². The number of nitrogens with zero attached hydrogens (tertiary/aromatic N) is 2. The normalized spacial score (nSPS) is 10.3. The van der Waals surface area contributed by atoms with Crippen LogP contribution in [0.15, 0.2) is 28.9 Å². The number of rotatable bonds is 4. The Balaban J connectivity index is 2.32. The predicted molar refractivity (Wildman–Crippen MR) is 70.3 cm³/mol. The fourth-order valence-corrected chi connectivity index (χ4v) is 1.61. The molecule has 1 aromatic heterocycles. The fourth-order valence-electron chi connectivity index (χ4n) is 1.33. The number of hydrogen-bond acceptors (Lipinski definition) is 4. The second-order valence-electron chi connectivity index (χ2n) is 3.53. The van der Waals surface area contributed by atoms with E-state index in [0.29, 0.717) is 17.0 Å². The van der Waals surface area contributed by atoms with E-state index in [0.717, 1.165) is 6.07 Å². The molecule has 19 heavy (non-hydrogen) atoms. The highest BCUT2D eigenvalue weighted by atomic mass is 79.9. The van der Waals surface area contributed by atoms with Crippen LogP contribution in [-0.4, -0.2) is 16.5 Å². The van der Waals surface area contributed by atoms with Gasteiger partial charge in [0.1, 0.15) is 0 Å². The van der Waals surface area contributed by atoms with E-state index in [-0.39, 0.29) is 11.6 Å². The van der Waals surface area contributed by atoms with E-state index in [1.807, 2.05) is 6.92 Å². The highest BCUT2D eigenvalue weighted by molar-refractivity contribution is 9.10. The van der Waals surface area contributed by atoms with E-state index in [1.165, 1.54) is 18.3 Å². The Hall–Kier alpha value is -1.76. The Kier molecular flexibility index (Phi) is 4.26. The number of nitrogens with one attached hydrogen (secondary N) is 1. The van der Waals surface area contributed by atoms with Crippen molar-refractivity contribution >= 4 is 21.9 Å². The average molecular weight is 330 g/mol. The van der Waals surface area contributed by atoms with Gasteiger partial charge in [0.05, 0.1) is 10.7 Å². The maximum absolute atomic E-state index is 13.5. The zero-order chi connectivity index (χ0) is 13.8. The molecule has 0 fully saturated rings. The van der Waals surface area contributed by atoms with Crippen molar-refractivity contribution in [1.29, 1.82) is 0 Å². The van der Waals surface area contributed by atoms with Gasteiger partial charge in [-0.25, -0.2) is 9.37 Å². The second kappa shape index (κ2) is 5.92. The van der Waals surface area contributed by atoms with Gasteiger partial charge in [0, 0.05) is 6.54 Å². The highest BCUT2D eigenvalue weighted by Crippen LogP contribution is 2.30. The first-order chi connectivity index (χ1) is 9.11. The second-order valence-corrected chi connectivity index (χ2v) is 4.39. The maximum Gasteiger partial charge on any atom is 0.238 e. The van der Waals surface area contributed by atoms with Crippen molar-refractivity contribution in [2.45, 2.75) is 6.92 Å². The van der Waals surface area contributed by atoms with Crippen molar-refractivity contribution in [1.82, 2.24) is 9.97 Å². The van der Waals surface area contributed by atoms with E-state index in [2.05, 4.69) is 31.2 Å². The molecule has 0 spiro atoms. The first kappa shape index (κ1) is 13.7. The molecule has 1 heterocycles. The molecule has 2 aromatic rings. The number of ether oxygens (including phenoxy) is 1. The summed E-state index contributed by atoms with van der Waals surface area (Å²) >= 11 is 3.19. The van der Waals surface area contributed by atoms with Gasteiger partial charge in [-0.1, -0.05) is 6.07 Å². The molecule has 0 atom stereocenters. The van der Waals surface area contributed by atoms with E-state index in [9.17, 15) is 8.78 Å². The lowest BCUT2D eigenvalue weighted by Crippen LogP contribution is -2.03. The molecular weight excluding hydrogens is 320 g/mol. The van der Waals surface area contributed by atoms with Crippen LogP contribution >= 0.6 is 15.9 Å². The summed E-state index contributed by atoms with van der Waals surface area (Å²) in [6.07, 6.45) is 1.47. The Morgan fingerprint density at radius 1 is 1.37 bits per heavy atom. The van der Waals surface area contributed by atoms with Crippen LogP contribution in [0.2, 0.25) is 0 Å². The first-order valence-corrected chi connectivity index (χ1v) is 6.29. The molecule has 100 valence electrons. The lowest BCUT2D eigenvalue weighted by Gasteiger charge is -2.09. The minimum absolute atomic E-state index is 0.107. The summed E-state index contributed by atoms with van der Waals surface area (Å²) < 4.78 is 32.3. The molecule has 0 aliphatic carbocycles. The molecule has 7 heteroatoms. The Morgan fingerprint density at radius 3 is 2.89 bits per heavy atom. The molecule has 0 saturated carbocycles. The third-order valence-corrected chi connectivity index (χ3v) is 2.71. The van der Waals surface area contributed by atoms with Crippen LogP contribution in [0.4, 0.5) is 14.7 Å². The molecule has 0 saturated heterocycles. The molecule has 0 radical (unpaired) electrons. The van der Waals surface area contributed by atoms with Crippen molar-refractivity contribution in [2.24, 2.45) is 0 Å². The first-order valence-electron chi connectivity index (χ1n) is 5.50. The molecule has 1 N–H and O–H groups in total. The van der Waals surface area contributed by atoms with Gasteiger partial charge in [0.2, 0.25) is 17.6 Å². The maximum atomic E-state index is 13.5. The smallest absolute Gasteiger partial charge is 0.238 e. The summed E-state index contributed by atoms with van der Waals surface area (Å²) in [6.45, 7) is 2.52. The van der Waals surface area contributed by atoms with Crippen molar-refractivity contribution in [3.05, 3.63) is 40.5 Å². The predicted octanol–water partition coefficient (Wildman–Crippen LogP) is 3.74. The fraction of sp³-hybridized carbons (Fsp3) is 0.167. The summed E-state index contributed by atoms with van der Waals surface area (Å²) in [5.41, 5.74) is 0. The standard InChI is InChI=1S/C12H10BrF2N3O/c1-2-16-12-17-6-7(13)11(18-12)19-9-5-3-4-8(14)10(9)15/h3-6H,2H2,1H3,(H,16,17,18). The Morgan fingerprint density at radius 2 is 2.16 bits per heavy atom. The van der Waals surface area contributed by atoms with Crippen molar-refractivity contribution in [3.8, 4) is 11.6 Å². The van der Waals surface area contributed by atoms with Crippen LogP contribution in [0.3, 0.4) is 0 Å². The summed E-state index contributed by atoms with van der Waals surface area (Å²) in [7, 11) is 0. The molecule has 0 bridgehead atoms. The SMILES string of the molecule is CCNc1ncc(Br)c(Oc2cccc(F)c2F)n1. The van der Waals surface area contributed by atoms with Crippen LogP contribution in [0.1, 0.15) is 6.92 Å². The van der Waals surface area contributed by atoms with Gasteiger partial charge in [0.25, 0.3) is 0 Å². The number of benzene rings is 1. The summed E-state index contributed by atoms with van der Waals surface area (Å²) in [6, 6.07) is 3.69.